The fourth-order valence-corrected chi connectivity index (χ4v) is 3.43. The van der Waals surface area contributed by atoms with Gasteiger partial charge in [0.15, 0.2) is 0 Å². The van der Waals surface area contributed by atoms with Gasteiger partial charge in [0.25, 0.3) is 10.2 Å². The molecule has 0 saturated heterocycles. The third-order valence-corrected chi connectivity index (χ3v) is 4.61. The summed E-state index contributed by atoms with van der Waals surface area (Å²) in [5.41, 5.74) is 0. The predicted octanol–water partition coefficient (Wildman–Crippen LogP) is 0.865. The molecule has 0 aliphatic heterocycles. The molecule has 0 spiro atoms. The molecule has 0 radical (unpaired) electrons. The molecule has 2 atom stereocenters. The third kappa shape index (κ3) is 5.65. The molecule has 6 heteroatoms. The molecule has 0 aromatic heterocycles. The molecule has 0 amide bonds. The standard InChI is InChI=1S/C12H26N2O3S/c1-10(2)7-13-18(16,17)14-8-11-5-3-4-6-12(11)9-15/h10-15H,3-9H2,1-2H3. The van der Waals surface area contributed by atoms with Crippen molar-refractivity contribution in [2.24, 2.45) is 17.8 Å². The molecule has 18 heavy (non-hydrogen) atoms. The lowest BCUT2D eigenvalue weighted by atomic mass is 9.80. The fraction of sp³-hybridized carbons (Fsp3) is 1.00. The Morgan fingerprint density at radius 3 is 2.33 bits per heavy atom. The van der Waals surface area contributed by atoms with Crippen LogP contribution in [0.25, 0.3) is 0 Å². The zero-order chi connectivity index (χ0) is 13.6. The Morgan fingerprint density at radius 1 is 1.17 bits per heavy atom. The van der Waals surface area contributed by atoms with Gasteiger partial charge in [-0.15, -0.1) is 0 Å². The first kappa shape index (κ1) is 15.9. The van der Waals surface area contributed by atoms with Crippen molar-refractivity contribution in [1.29, 1.82) is 0 Å². The zero-order valence-corrected chi connectivity index (χ0v) is 12.2. The van der Waals surface area contributed by atoms with Crippen molar-refractivity contribution in [3.05, 3.63) is 0 Å². The van der Waals surface area contributed by atoms with Gasteiger partial charge in [-0.25, -0.2) is 9.44 Å². The highest BCUT2D eigenvalue weighted by Gasteiger charge is 2.25. The van der Waals surface area contributed by atoms with Crippen molar-refractivity contribution in [2.75, 3.05) is 19.7 Å². The Bertz CT molecular complexity index is 330. The van der Waals surface area contributed by atoms with Gasteiger partial charge in [-0.2, -0.15) is 8.42 Å². The molecule has 0 aromatic rings. The Kier molecular flexibility index (Phi) is 6.55. The van der Waals surface area contributed by atoms with Gasteiger partial charge < -0.3 is 5.11 Å². The fourth-order valence-electron chi connectivity index (χ4n) is 2.34. The van der Waals surface area contributed by atoms with Crippen LogP contribution in [0.15, 0.2) is 0 Å². The summed E-state index contributed by atoms with van der Waals surface area (Å²) in [7, 11) is -3.39. The number of hydrogen-bond donors (Lipinski definition) is 3. The molecule has 108 valence electrons. The molecule has 1 aliphatic carbocycles. The molecule has 1 saturated carbocycles. The number of hydrogen-bond acceptors (Lipinski definition) is 3. The maximum atomic E-state index is 11.7. The molecule has 1 aliphatic rings. The maximum absolute atomic E-state index is 11.7. The van der Waals surface area contributed by atoms with E-state index >= 15 is 0 Å². The quantitative estimate of drug-likeness (QED) is 0.646. The summed E-state index contributed by atoms with van der Waals surface area (Å²) in [5, 5.41) is 9.27. The first-order chi connectivity index (χ1) is 8.44. The number of aliphatic hydroxyl groups excluding tert-OH is 1. The van der Waals surface area contributed by atoms with Gasteiger partial charge in [-0.3, -0.25) is 0 Å². The highest BCUT2D eigenvalue weighted by Crippen LogP contribution is 2.29. The van der Waals surface area contributed by atoms with Crippen LogP contribution in [0.2, 0.25) is 0 Å². The van der Waals surface area contributed by atoms with Crippen molar-refractivity contribution in [2.45, 2.75) is 39.5 Å². The van der Waals surface area contributed by atoms with E-state index in [1.54, 1.807) is 0 Å². The Labute approximate surface area is 111 Å². The summed E-state index contributed by atoms with van der Waals surface area (Å²) < 4.78 is 28.5. The molecular formula is C12H26N2O3S. The Hall–Kier alpha value is -0.170. The summed E-state index contributed by atoms with van der Waals surface area (Å²) in [6, 6.07) is 0. The Balaban J connectivity index is 2.38. The van der Waals surface area contributed by atoms with Gasteiger partial charge in [0.05, 0.1) is 0 Å². The van der Waals surface area contributed by atoms with Gasteiger partial charge in [0, 0.05) is 19.7 Å². The van der Waals surface area contributed by atoms with Crippen LogP contribution >= 0.6 is 0 Å². The van der Waals surface area contributed by atoms with E-state index in [2.05, 4.69) is 9.44 Å². The van der Waals surface area contributed by atoms with E-state index in [-0.39, 0.29) is 18.4 Å². The van der Waals surface area contributed by atoms with Crippen LogP contribution in [0.3, 0.4) is 0 Å². The molecular weight excluding hydrogens is 252 g/mol. The van der Waals surface area contributed by atoms with E-state index in [0.29, 0.717) is 19.0 Å². The van der Waals surface area contributed by atoms with E-state index < -0.39 is 10.2 Å². The SMILES string of the molecule is CC(C)CNS(=O)(=O)NCC1CCCCC1CO. The molecule has 3 N–H and O–H groups in total. The first-order valence-electron chi connectivity index (χ1n) is 6.79. The van der Waals surface area contributed by atoms with Crippen LogP contribution < -0.4 is 9.44 Å². The second kappa shape index (κ2) is 7.43. The van der Waals surface area contributed by atoms with Crippen LogP contribution in [0.5, 0.6) is 0 Å². The lowest BCUT2D eigenvalue weighted by molar-refractivity contribution is 0.136. The summed E-state index contributed by atoms with van der Waals surface area (Å²) in [6.45, 7) is 4.96. The maximum Gasteiger partial charge on any atom is 0.276 e. The van der Waals surface area contributed by atoms with Crippen LogP contribution in [0.1, 0.15) is 39.5 Å². The summed E-state index contributed by atoms with van der Waals surface area (Å²) in [6.07, 6.45) is 4.27. The van der Waals surface area contributed by atoms with Crippen molar-refractivity contribution < 1.29 is 13.5 Å². The number of rotatable bonds is 7. The van der Waals surface area contributed by atoms with Crippen LogP contribution in [0, 0.1) is 17.8 Å². The van der Waals surface area contributed by atoms with Crippen molar-refractivity contribution >= 4 is 10.2 Å². The average molecular weight is 278 g/mol. The highest BCUT2D eigenvalue weighted by molar-refractivity contribution is 7.87. The van der Waals surface area contributed by atoms with Crippen LogP contribution in [0.4, 0.5) is 0 Å². The molecule has 0 aromatic carbocycles. The second-order valence-electron chi connectivity index (χ2n) is 5.58. The lowest BCUT2D eigenvalue weighted by Crippen LogP contribution is -2.42. The minimum Gasteiger partial charge on any atom is -0.396 e. The number of nitrogens with one attached hydrogen (secondary N) is 2. The van der Waals surface area contributed by atoms with E-state index in [1.165, 1.54) is 0 Å². The molecule has 2 unspecified atom stereocenters. The molecule has 5 nitrogen and oxygen atoms in total. The minimum atomic E-state index is -3.39. The largest absolute Gasteiger partial charge is 0.396 e. The van der Waals surface area contributed by atoms with Gasteiger partial charge in [-0.05, 0) is 30.6 Å². The lowest BCUT2D eigenvalue weighted by Gasteiger charge is -2.30. The van der Waals surface area contributed by atoms with Crippen LogP contribution in [-0.4, -0.2) is 33.2 Å². The van der Waals surface area contributed by atoms with E-state index in [4.69, 9.17) is 0 Å². The van der Waals surface area contributed by atoms with Crippen molar-refractivity contribution in [1.82, 2.24) is 9.44 Å². The van der Waals surface area contributed by atoms with E-state index in [9.17, 15) is 13.5 Å². The van der Waals surface area contributed by atoms with Gasteiger partial charge in [-0.1, -0.05) is 26.7 Å². The summed E-state index contributed by atoms with van der Waals surface area (Å²) >= 11 is 0. The zero-order valence-electron chi connectivity index (χ0n) is 11.4. The van der Waals surface area contributed by atoms with Gasteiger partial charge >= 0.3 is 0 Å². The van der Waals surface area contributed by atoms with Crippen LogP contribution in [-0.2, 0) is 10.2 Å². The third-order valence-electron chi connectivity index (χ3n) is 3.52. The Morgan fingerprint density at radius 2 is 1.78 bits per heavy atom. The smallest absolute Gasteiger partial charge is 0.276 e. The molecule has 1 rings (SSSR count). The molecule has 1 fully saturated rings. The molecule has 0 bridgehead atoms. The van der Waals surface area contributed by atoms with E-state index in [0.717, 1.165) is 25.7 Å². The minimum absolute atomic E-state index is 0.159. The summed E-state index contributed by atoms with van der Waals surface area (Å²) in [4.78, 5) is 0. The van der Waals surface area contributed by atoms with Crippen molar-refractivity contribution in [3.63, 3.8) is 0 Å². The molecule has 0 heterocycles. The monoisotopic (exact) mass is 278 g/mol. The highest BCUT2D eigenvalue weighted by atomic mass is 32.2. The summed E-state index contributed by atoms with van der Waals surface area (Å²) in [5.74, 6) is 0.798. The normalized spacial score (nSPS) is 25.6. The average Bonchev–Trinajstić information content (AvgIpc) is 2.34. The van der Waals surface area contributed by atoms with Gasteiger partial charge in [0.2, 0.25) is 0 Å². The van der Waals surface area contributed by atoms with Gasteiger partial charge in [0.1, 0.15) is 0 Å². The van der Waals surface area contributed by atoms with Crippen molar-refractivity contribution in [3.8, 4) is 0 Å². The first-order valence-corrected chi connectivity index (χ1v) is 8.28. The number of aliphatic hydroxyl groups is 1. The topological polar surface area (TPSA) is 78.4 Å². The van der Waals surface area contributed by atoms with E-state index in [1.807, 2.05) is 13.8 Å². The second-order valence-corrected chi connectivity index (χ2v) is 7.17. The predicted molar refractivity (Wildman–Crippen MR) is 72.3 cm³/mol.